The monoisotopic (exact) mass is 540 g/mol. The second kappa shape index (κ2) is 12.4. The number of carbonyl (C=O) groups excluding carboxylic acids is 1. The van der Waals surface area contributed by atoms with Crippen molar-refractivity contribution in [1.29, 1.82) is 0 Å². The molecule has 8 nitrogen and oxygen atoms in total. The summed E-state index contributed by atoms with van der Waals surface area (Å²) in [5.41, 5.74) is 10.8. The number of anilines is 1. The zero-order valence-corrected chi connectivity index (χ0v) is 23.0. The summed E-state index contributed by atoms with van der Waals surface area (Å²) in [5.74, 6) is 0.662. The highest BCUT2D eigenvalue weighted by Gasteiger charge is 2.21. The van der Waals surface area contributed by atoms with E-state index < -0.39 is 12.1 Å². The van der Waals surface area contributed by atoms with Crippen LogP contribution in [0.3, 0.4) is 0 Å². The van der Waals surface area contributed by atoms with Gasteiger partial charge in [0.15, 0.2) is 0 Å². The quantitative estimate of drug-likeness (QED) is 0.388. The van der Waals surface area contributed by atoms with Crippen molar-refractivity contribution in [2.75, 3.05) is 25.6 Å². The number of benzene rings is 2. The third-order valence-electron chi connectivity index (χ3n) is 7.57. The minimum atomic E-state index is -0.443. The van der Waals surface area contributed by atoms with E-state index in [1.165, 1.54) is 5.56 Å². The van der Waals surface area contributed by atoms with E-state index in [0.717, 1.165) is 55.7 Å². The van der Waals surface area contributed by atoms with E-state index in [-0.39, 0.29) is 11.0 Å². The van der Waals surface area contributed by atoms with E-state index >= 15 is 0 Å². The van der Waals surface area contributed by atoms with Crippen molar-refractivity contribution in [3.63, 3.8) is 0 Å². The number of rotatable bonds is 8. The lowest BCUT2D eigenvalue weighted by Crippen LogP contribution is -2.37. The number of methoxy groups -OCH3 is 1. The van der Waals surface area contributed by atoms with Crippen molar-refractivity contribution in [2.45, 2.75) is 38.9 Å². The molecule has 8 heteroatoms. The number of dihydropyridines is 1. The van der Waals surface area contributed by atoms with Crippen LogP contribution in [0.25, 0.3) is 16.7 Å². The Hall–Kier alpha value is -4.14. The normalized spacial score (nSPS) is 17.4. The fraction of sp³-hybridized carbons (Fsp3) is 0.312. The smallest absolute Gasteiger partial charge is 0.261 e. The lowest BCUT2D eigenvalue weighted by molar-refractivity contribution is 0.0612. The maximum Gasteiger partial charge on any atom is 0.261 e. The van der Waals surface area contributed by atoms with E-state index in [4.69, 9.17) is 15.2 Å². The summed E-state index contributed by atoms with van der Waals surface area (Å²) in [4.78, 5) is 27.1. The first kappa shape index (κ1) is 27.4. The van der Waals surface area contributed by atoms with Crippen LogP contribution in [-0.4, -0.2) is 37.0 Å². The number of aryl methyl sites for hydroxylation is 1. The van der Waals surface area contributed by atoms with Gasteiger partial charge in [0, 0.05) is 55.2 Å². The molecule has 3 aromatic rings. The van der Waals surface area contributed by atoms with Crippen LogP contribution in [0, 0.1) is 5.92 Å². The number of hydrogen-bond acceptors (Lipinski definition) is 6. The van der Waals surface area contributed by atoms with Gasteiger partial charge in [-0.25, -0.2) is 0 Å². The SMILES string of the molecule is CCc1ccc(-c2cn(CC3CCOCC3)cc(C(=O)Nc3ccc(C4=C(OC)C=CNC4N)cc3)c2=O)cc1. The van der Waals surface area contributed by atoms with Crippen LogP contribution in [0.4, 0.5) is 5.69 Å². The number of ether oxygens (including phenoxy) is 2. The highest BCUT2D eigenvalue weighted by Crippen LogP contribution is 2.26. The Bertz CT molecular complexity index is 1470. The lowest BCUT2D eigenvalue weighted by Gasteiger charge is -2.24. The molecule has 1 fully saturated rings. The molecule has 208 valence electrons. The van der Waals surface area contributed by atoms with E-state index in [1.807, 2.05) is 53.2 Å². The molecule has 3 heterocycles. The first-order valence-corrected chi connectivity index (χ1v) is 13.8. The van der Waals surface area contributed by atoms with E-state index in [0.29, 0.717) is 22.9 Å². The number of amides is 1. The van der Waals surface area contributed by atoms with Gasteiger partial charge in [-0.3, -0.25) is 9.59 Å². The Morgan fingerprint density at radius 1 is 1.07 bits per heavy atom. The number of aromatic nitrogens is 1. The summed E-state index contributed by atoms with van der Waals surface area (Å²) >= 11 is 0. The first-order chi connectivity index (χ1) is 19.5. The number of allylic oxidation sites excluding steroid dienone is 1. The largest absolute Gasteiger partial charge is 0.496 e. The van der Waals surface area contributed by atoms with Crippen molar-refractivity contribution < 1.29 is 14.3 Å². The van der Waals surface area contributed by atoms with Crippen molar-refractivity contribution in [2.24, 2.45) is 11.7 Å². The molecular weight excluding hydrogens is 504 g/mol. The topological polar surface area (TPSA) is 108 Å². The minimum absolute atomic E-state index is 0.112. The molecule has 1 aromatic heterocycles. The zero-order chi connectivity index (χ0) is 28.1. The molecule has 1 saturated heterocycles. The van der Waals surface area contributed by atoms with Gasteiger partial charge in [-0.15, -0.1) is 0 Å². The Morgan fingerprint density at radius 3 is 2.45 bits per heavy atom. The Balaban J connectivity index is 1.44. The summed E-state index contributed by atoms with van der Waals surface area (Å²) < 4.78 is 13.0. The van der Waals surface area contributed by atoms with Crippen molar-refractivity contribution in [3.05, 3.63) is 106 Å². The summed E-state index contributed by atoms with van der Waals surface area (Å²) in [6.45, 7) is 4.29. The van der Waals surface area contributed by atoms with Gasteiger partial charge in [0.25, 0.3) is 5.91 Å². The number of nitrogens with two attached hydrogens (primary N) is 1. The predicted molar refractivity (Wildman–Crippen MR) is 158 cm³/mol. The first-order valence-electron chi connectivity index (χ1n) is 13.8. The second-order valence-corrected chi connectivity index (χ2v) is 10.2. The summed E-state index contributed by atoms with van der Waals surface area (Å²) in [5, 5.41) is 5.99. The van der Waals surface area contributed by atoms with Gasteiger partial charge in [-0.1, -0.05) is 43.3 Å². The lowest BCUT2D eigenvalue weighted by atomic mass is 9.99. The molecule has 1 atom stereocenters. The number of nitrogens with one attached hydrogen (secondary N) is 2. The molecule has 0 spiro atoms. The van der Waals surface area contributed by atoms with Crippen molar-refractivity contribution in [3.8, 4) is 11.1 Å². The fourth-order valence-electron chi connectivity index (χ4n) is 5.24. The van der Waals surface area contributed by atoms with Crippen LogP contribution in [0.15, 0.2) is 83.8 Å². The van der Waals surface area contributed by atoms with Gasteiger partial charge in [-0.2, -0.15) is 0 Å². The molecule has 0 aliphatic carbocycles. The van der Waals surface area contributed by atoms with E-state index in [2.05, 4.69) is 17.6 Å². The van der Waals surface area contributed by atoms with Crippen molar-refractivity contribution in [1.82, 2.24) is 9.88 Å². The Kier molecular flexibility index (Phi) is 8.48. The van der Waals surface area contributed by atoms with E-state index in [1.54, 1.807) is 31.6 Å². The minimum Gasteiger partial charge on any atom is -0.496 e. The molecule has 4 N–H and O–H groups in total. The molecule has 0 saturated carbocycles. The molecule has 2 aromatic carbocycles. The number of hydrogen-bond donors (Lipinski definition) is 3. The van der Waals surface area contributed by atoms with Crippen LogP contribution < -0.4 is 21.8 Å². The highest BCUT2D eigenvalue weighted by atomic mass is 16.5. The summed E-state index contributed by atoms with van der Waals surface area (Å²) in [7, 11) is 1.60. The summed E-state index contributed by atoms with van der Waals surface area (Å²) in [6, 6.07) is 15.3. The second-order valence-electron chi connectivity index (χ2n) is 10.2. The molecule has 1 unspecified atom stereocenters. The third-order valence-corrected chi connectivity index (χ3v) is 7.57. The number of nitrogens with zero attached hydrogens (tertiary/aromatic N) is 1. The molecule has 5 rings (SSSR count). The summed E-state index contributed by atoms with van der Waals surface area (Å²) in [6.07, 6.45) is 9.54. The molecule has 0 bridgehead atoms. The number of pyridine rings is 1. The van der Waals surface area contributed by atoms with Crippen LogP contribution in [0.5, 0.6) is 0 Å². The zero-order valence-electron chi connectivity index (χ0n) is 23.0. The maximum absolute atomic E-state index is 13.6. The van der Waals surface area contributed by atoms with Crippen LogP contribution in [-0.2, 0) is 22.4 Å². The third kappa shape index (κ3) is 6.03. The molecular formula is C32H36N4O4. The molecule has 2 aliphatic heterocycles. The molecule has 0 radical (unpaired) electrons. The van der Waals surface area contributed by atoms with Gasteiger partial charge < -0.3 is 30.4 Å². The van der Waals surface area contributed by atoms with Gasteiger partial charge in [-0.05, 0) is 60.1 Å². The molecule has 40 heavy (non-hydrogen) atoms. The van der Waals surface area contributed by atoms with E-state index in [9.17, 15) is 9.59 Å². The number of carbonyl (C=O) groups is 1. The molecule has 2 aliphatic rings. The van der Waals surface area contributed by atoms with Crippen LogP contribution in [0.2, 0.25) is 0 Å². The highest BCUT2D eigenvalue weighted by molar-refractivity contribution is 6.04. The van der Waals surface area contributed by atoms with Gasteiger partial charge in [0.2, 0.25) is 5.43 Å². The van der Waals surface area contributed by atoms with Gasteiger partial charge in [0.05, 0.1) is 7.11 Å². The Labute approximate surface area is 234 Å². The standard InChI is InChI=1S/C32H36N4O4/c1-3-21-4-6-23(7-5-21)26-19-36(18-22-13-16-40-17-14-22)20-27(30(26)37)32(38)35-25-10-8-24(9-11-25)29-28(39-2)12-15-34-31(29)33/h4-12,15,19-20,22,31,34H,3,13-14,16-18,33H2,1-2H3,(H,35,38). The average Bonchev–Trinajstić information content (AvgIpc) is 2.99. The maximum atomic E-state index is 13.6. The fourth-order valence-corrected chi connectivity index (χ4v) is 5.24. The molecule has 1 amide bonds. The predicted octanol–water partition coefficient (Wildman–Crippen LogP) is 4.52. The van der Waals surface area contributed by atoms with Gasteiger partial charge in [0.1, 0.15) is 17.5 Å². The van der Waals surface area contributed by atoms with Crippen LogP contribution >= 0.6 is 0 Å². The van der Waals surface area contributed by atoms with Crippen LogP contribution in [0.1, 0.15) is 41.3 Å². The Morgan fingerprint density at radius 2 is 1.77 bits per heavy atom. The van der Waals surface area contributed by atoms with Crippen molar-refractivity contribution >= 4 is 17.2 Å². The van der Waals surface area contributed by atoms with Gasteiger partial charge >= 0.3 is 0 Å². The average molecular weight is 541 g/mol.